The van der Waals surface area contributed by atoms with Gasteiger partial charge < -0.3 is 19.8 Å². The van der Waals surface area contributed by atoms with Crippen LogP contribution in [0.3, 0.4) is 0 Å². The number of esters is 1. The molecular formula is C23H27N3O6S. The predicted molar refractivity (Wildman–Crippen MR) is 122 cm³/mol. The number of nitrogens with one attached hydrogen (secondary N) is 2. The highest BCUT2D eigenvalue weighted by Gasteiger charge is 2.52. The summed E-state index contributed by atoms with van der Waals surface area (Å²) >= 11 is 1.15. The first-order chi connectivity index (χ1) is 15.7. The molecule has 0 atom stereocenters. The van der Waals surface area contributed by atoms with Crippen LogP contribution in [-0.4, -0.2) is 47.4 Å². The van der Waals surface area contributed by atoms with Gasteiger partial charge >= 0.3 is 12.0 Å². The van der Waals surface area contributed by atoms with E-state index < -0.39 is 30.0 Å². The highest BCUT2D eigenvalue weighted by Crippen LogP contribution is 2.38. The van der Waals surface area contributed by atoms with Crippen LogP contribution in [0.5, 0.6) is 0 Å². The molecule has 1 aliphatic carbocycles. The molecule has 33 heavy (non-hydrogen) atoms. The second kappa shape index (κ2) is 9.01. The van der Waals surface area contributed by atoms with Gasteiger partial charge in [-0.05, 0) is 57.6 Å². The summed E-state index contributed by atoms with van der Waals surface area (Å²) < 4.78 is 10.8. The Morgan fingerprint density at radius 3 is 2.67 bits per heavy atom. The van der Waals surface area contributed by atoms with Crippen LogP contribution in [0.2, 0.25) is 0 Å². The number of amides is 4. The molecule has 2 aromatic heterocycles. The van der Waals surface area contributed by atoms with E-state index in [4.69, 9.17) is 9.15 Å². The van der Waals surface area contributed by atoms with E-state index in [9.17, 15) is 19.2 Å². The lowest BCUT2D eigenvalue weighted by Crippen LogP contribution is -2.49. The fourth-order valence-electron chi connectivity index (χ4n) is 4.34. The summed E-state index contributed by atoms with van der Waals surface area (Å²) in [6, 6.07) is 2.96. The SMILES string of the molecule is CCOC(=O)c1c(-c2ccc(C)o2)csc1NC(=O)CN1C(=O)NC2(CCC(C)CC2)C1=O. The molecule has 0 unspecified atom stereocenters. The van der Waals surface area contributed by atoms with E-state index >= 15 is 0 Å². The Kier molecular flexibility index (Phi) is 6.29. The molecule has 4 amide bonds. The zero-order valence-corrected chi connectivity index (χ0v) is 19.7. The molecule has 4 rings (SSSR count). The number of carbonyl (C=O) groups excluding carboxylic acids is 4. The minimum absolute atomic E-state index is 0.168. The van der Waals surface area contributed by atoms with Crippen molar-refractivity contribution in [2.75, 3.05) is 18.5 Å². The standard InChI is InChI=1S/C23H27N3O6S/c1-4-31-20(28)18-15(16-6-5-14(3)32-16)12-33-19(18)24-17(27)11-26-21(29)23(25-22(26)30)9-7-13(2)8-10-23/h5-6,12-13H,4,7-11H2,1-3H3,(H,24,27)(H,25,30). The zero-order chi connectivity index (χ0) is 23.8. The maximum Gasteiger partial charge on any atom is 0.341 e. The predicted octanol–water partition coefficient (Wildman–Crippen LogP) is 3.93. The van der Waals surface area contributed by atoms with Gasteiger partial charge in [0.1, 0.15) is 34.2 Å². The fourth-order valence-corrected chi connectivity index (χ4v) is 5.29. The average Bonchev–Trinajstić information content (AvgIpc) is 3.44. The second-order valence-electron chi connectivity index (χ2n) is 8.62. The van der Waals surface area contributed by atoms with E-state index in [1.807, 2.05) is 0 Å². The van der Waals surface area contributed by atoms with Crippen molar-refractivity contribution in [3.05, 3.63) is 28.8 Å². The minimum atomic E-state index is -0.910. The number of anilines is 1. The van der Waals surface area contributed by atoms with E-state index in [-0.39, 0.29) is 23.1 Å². The van der Waals surface area contributed by atoms with Crippen molar-refractivity contribution in [2.45, 2.75) is 52.0 Å². The molecule has 2 N–H and O–H groups in total. The van der Waals surface area contributed by atoms with Gasteiger partial charge in [0.05, 0.1) is 6.61 Å². The number of hydrogen-bond acceptors (Lipinski definition) is 7. The van der Waals surface area contributed by atoms with Crippen molar-refractivity contribution < 1.29 is 28.3 Å². The third kappa shape index (κ3) is 4.39. The Bertz CT molecular complexity index is 1100. The van der Waals surface area contributed by atoms with Gasteiger partial charge in [0.15, 0.2) is 0 Å². The largest absolute Gasteiger partial charge is 0.462 e. The third-order valence-electron chi connectivity index (χ3n) is 6.20. The van der Waals surface area contributed by atoms with Crippen molar-refractivity contribution in [2.24, 2.45) is 5.92 Å². The van der Waals surface area contributed by atoms with E-state index in [0.717, 1.165) is 29.1 Å². The molecule has 2 fully saturated rings. The zero-order valence-electron chi connectivity index (χ0n) is 18.9. The van der Waals surface area contributed by atoms with Gasteiger partial charge in [-0.25, -0.2) is 9.59 Å². The number of thiophene rings is 1. The van der Waals surface area contributed by atoms with Crippen LogP contribution in [0.4, 0.5) is 9.80 Å². The number of carbonyl (C=O) groups is 4. The van der Waals surface area contributed by atoms with E-state index in [1.54, 1.807) is 31.4 Å². The smallest absolute Gasteiger partial charge is 0.341 e. The molecule has 1 spiro atoms. The lowest BCUT2D eigenvalue weighted by Gasteiger charge is -2.33. The van der Waals surface area contributed by atoms with Crippen LogP contribution in [0.25, 0.3) is 11.3 Å². The van der Waals surface area contributed by atoms with Crippen LogP contribution in [-0.2, 0) is 14.3 Å². The molecule has 0 aromatic carbocycles. The number of furan rings is 1. The lowest BCUT2D eigenvalue weighted by molar-refractivity contribution is -0.135. The Morgan fingerprint density at radius 2 is 2.03 bits per heavy atom. The summed E-state index contributed by atoms with van der Waals surface area (Å²) in [6.45, 7) is 5.35. The van der Waals surface area contributed by atoms with Crippen molar-refractivity contribution in [1.29, 1.82) is 0 Å². The van der Waals surface area contributed by atoms with Gasteiger partial charge in [-0.3, -0.25) is 14.5 Å². The number of hydrogen-bond donors (Lipinski definition) is 2. The van der Waals surface area contributed by atoms with Gasteiger partial charge in [-0.15, -0.1) is 11.3 Å². The van der Waals surface area contributed by atoms with E-state index in [1.165, 1.54) is 0 Å². The first-order valence-electron chi connectivity index (χ1n) is 11.0. The van der Waals surface area contributed by atoms with Gasteiger partial charge in [-0.2, -0.15) is 0 Å². The number of imide groups is 1. The van der Waals surface area contributed by atoms with Crippen LogP contribution < -0.4 is 10.6 Å². The number of urea groups is 1. The molecule has 1 aliphatic heterocycles. The molecule has 2 aliphatic rings. The maximum atomic E-state index is 13.0. The summed E-state index contributed by atoms with van der Waals surface area (Å²) in [5.41, 5.74) is -0.223. The molecule has 1 saturated carbocycles. The Hall–Kier alpha value is -3.14. The summed E-state index contributed by atoms with van der Waals surface area (Å²) in [6.07, 6.45) is 2.83. The van der Waals surface area contributed by atoms with Gasteiger partial charge in [0.25, 0.3) is 5.91 Å². The number of aryl methyl sites for hydroxylation is 1. The summed E-state index contributed by atoms with van der Waals surface area (Å²) in [5.74, 6) is 0.136. The topological polar surface area (TPSA) is 118 Å². The highest BCUT2D eigenvalue weighted by atomic mass is 32.1. The van der Waals surface area contributed by atoms with Gasteiger partial charge in [-0.1, -0.05) is 6.92 Å². The van der Waals surface area contributed by atoms with Crippen LogP contribution in [0.1, 0.15) is 55.6 Å². The third-order valence-corrected chi connectivity index (χ3v) is 7.10. The lowest BCUT2D eigenvalue weighted by atomic mass is 9.77. The second-order valence-corrected chi connectivity index (χ2v) is 9.50. The first-order valence-corrected chi connectivity index (χ1v) is 11.9. The quantitative estimate of drug-likeness (QED) is 0.485. The Morgan fingerprint density at radius 1 is 1.30 bits per heavy atom. The molecule has 10 heteroatoms. The first kappa shape index (κ1) is 23.0. The monoisotopic (exact) mass is 473 g/mol. The minimum Gasteiger partial charge on any atom is -0.462 e. The molecule has 176 valence electrons. The Balaban J connectivity index is 1.52. The molecule has 3 heterocycles. The number of nitrogens with zero attached hydrogens (tertiary/aromatic N) is 1. The van der Waals surface area contributed by atoms with Crippen molar-refractivity contribution >= 4 is 40.2 Å². The van der Waals surface area contributed by atoms with Crippen molar-refractivity contribution in [3.8, 4) is 11.3 Å². The van der Waals surface area contributed by atoms with Crippen LogP contribution >= 0.6 is 11.3 Å². The van der Waals surface area contributed by atoms with Crippen molar-refractivity contribution in [1.82, 2.24) is 10.2 Å². The van der Waals surface area contributed by atoms with Gasteiger partial charge in [0.2, 0.25) is 5.91 Å². The van der Waals surface area contributed by atoms with Crippen LogP contribution in [0.15, 0.2) is 21.9 Å². The highest BCUT2D eigenvalue weighted by molar-refractivity contribution is 7.15. The molecule has 1 saturated heterocycles. The van der Waals surface area contributed by atoms with E-state index in [0.29, 0.717) is 35.8 Å². The molecule has 9 nitrogen and oxygen atoms in total. The Labute approximate surface area is 195 Å². The number of ether oxygens (including phenoxy) is 1. The number of rotatable bonds is 6. The fraction of sp³-hybridized carbons (Fsp3) is 0.478. The van der Waals surface area contributed by atoms with E-state index in [2.05, 4.69) is 17.6 Å². The maximum absolute atomic E-state index is 13.0. The summed E-state index contributed by atoms with van der Waals surface area (Å²) in [7, 11) is 0. The molecule has 2 aromatic rings. The summed E-state index contributed by atoms with van der Waals surface area (Å²) in [4.78, 5) is 51.9. The average molecular weight is 474 g/mol. The van der Waals surface area contributed by atoms with Crippen molar-refractivity contribution in [3.63, 3.8) is 0 Å². The normalized spacial score (nSPS) is 22.5. The molecular weight excluding hydrogens is 446 g/mol. The summed E-state index contributed by atoms with van der Waals surface area (Å²) in [5, 5.41) is 7.46. The molecule has 0 bridgehead atoms. The van der Waals surface area contributed by atoms with Gasteiger partial charge in [0, 0.05) is 10.9 Å². The molecule has 0 radical (unpaired) electrons. The van der Waals surface area contributed by atoms with Crippen LogP contribution in [0, 0.1) is 12.8 Å².